The van der Waals surface area contributed by atoms with Crippen molar-refractivity contribution in [3.8, 4) is 0 Å². The van der Waals surface area contributed by atoms with Crippen LogP contribution in [0.4, 0.5) is 5.69 Å². The van der Waals surface area contributed by atoms with Crippen molar-refractivity contribution < 1.29 is 9.59 Å². The second-order valence-corrected chi connectivity index (χ2v) is 7.56. The monoisotopic (exact) mass is 372 g/mol. The Hall–Kier alpha value is -3.14. The predicted molar refractivity (Wildman–Crippen MR) is 112 cm³/mol. The van der Waals surface area contributed by atoms with Gasteiger partial charge in [-0.2, -0.15) is 0 Å². The quantitative estimate of drug-likeness (QED) is 0.755. The van der Waals surface area contributed by atoms with Gasteiger partial charge in [0.1, 0.15) is 0 Å². The van der Waals surface area contributed by atoms with Crippen LogP contribution in [-0.2, 0) is 16.0 Å². The lowest BCUT2D eigenvalue weighted by atomic mass is 10.0. The van der Waals surface area contributed by atoms with Crippen LogP contribution < -0.4 is 10.2 Å². The van der Waals surface area contributed by atoms with Gasteiger partial charge >= 0.3 is 0 Å². The molecule has 1 fully saturated rings. The summed E-state index contributed by atoms with van der Waals surface area (Å²) in [5.74, 6) is 0.00908. The first-order valence-electron chi connectivity index (χ1n) is 9.65. The third kappa shape index (κ3) is 3.63. The smallest absolute Gasteiger partial charge is 0.229 e. The summed E-state index contributed by atoms with van der Waals surface area (Å²) in [6.07, 6.45) is 0.657. The molecule has 2 amide bonds. The van der Waals surface area contributed by atoms with Crippen molar-refractivity contribution in [2.45, 2.75) is 32.7 Å². The molecule has 0 saturated carbocycles. The van der Waals surface area contributed by atoms with Crippen molar-refractivity contribution in [3.63, 3.8) is 0 Å². The number of nitrogens with one attached hydrogen (secondary N) is 1. The molecule has 1 aliphatic rings. The zero-order valence-electron chi connectivity index (χ0n) is 16.2. The molecule has 4 nitrogen and oxygen atoms in total. The van der Waals surface area contributed by atoms with Gasteiger partial charge in [-0.25, -0.2) is 0 Å². The normalized spacial score (nSPS) is 16.6. The minimum absolute atomic E-state index is 0.0453. The van der Waals surface area contributed by atoms with Crippen LogP contribution in [0, 0.1) is 13.8 Å². The van der Waals surface area contributed by atoms with Gasteiger partial charge in [-0.1, -0.05) is 48.5 Å². The summed E-state index contributed by atoms with van der Waals surface area (Å²) in [5, 5.41) is 5.27. The van der Waals surface area contributed by atoms with Crippen LogP contribution >= 0.6 is 0 Å². The van der Waals surface area contributed by atoms with E-state index in [1.807, 2.05) is 67.6 Å². The lowest BCUT2D eigenvalue weighted by molar-refractivity contribution is -0.121. The topological polar surface area (TPSA) is 49.4 Å². The number of carbonyl (C=O) groups excluding carboxylic acids is 2. The average molecular weight is 372 g/mol. The molecule has 0 spiro atoms. The standard InChI is InChI=1S/C24H24N2O2/c1-16-10-11-21(12-17(16)2)26-15-20(14-24(26)28)25-23(27)13-19-8-5-7-18-6-3-4-9-22(18)19/h3-12,20H,13-15H2,1-2H3,(H,25,27). The zero-order chi connectivity index (χ0) is 19.7. The highest BCUT2D eigenvalue weighted by atomic mass is 16.2. The molecular weight excluding hydrogens is 348 g/mol. The average Bonchev–Trinajstić information content (AvgIpc) is 3.04. The van der Waals surface area contributed by atoms with E-state index < -0.39 is 0 Å². The summed E-state index contributed by atoms with van der Waals surface area (Å²) in [4.78, 5) is 26.9. The molecule has 3 aromatic rings. The van der Waals surface area contributed by atoms with Gasteiger partial charge < -0.3 is 10.2 Å². The molecule has 28 heavy (non-hydrogen) atoms. The highest BCUT2D eigenvalue weighted by Crippen LogP contribution is 2.24. The molecule has 1 unspecified atom stereocenters. The first-order valence-corrected chi connectivity index (χ1v) is 9.65. The Morgan fingerprint density at radius 2 is 1.82 bits per heavy atom. The molecule has 1 heterocycles. The Morgan fingerprint density at radius 1 is 1.04 bits per heavy atom. The van der Waals surface area contributed by atoms with Gasteiger partial charge in [0.15, 0.2) is 0 Å². The minimum atomic E-state index is -0.156. The van der Waals surface area contributed by atoms with Gasteiger partial charge in [0.25, 0.3) is 0 Å². The van der Waals surface area contributed by atoms with Crippen LogP contribution in [0.3, 0.4) is 0 Å². The number of aryl methyl sites for hydroxylation is 2. The molecule has 0 bridgehead atoms. The predicted octanol–water partition coefficient (Wildman–Crippen LogP) is 3.92. The summed E-state index contributed by atoms with van der Waals surface area (Å²) in [6.45, 7) is 4.62. The van der Waals surface area contributed by atoms with Crippen molar-refractivity contribution in [1.82, 2.24) is 5.32 Å². The van der Waals surface area contributed by atoms with Gasteiger partial charge in [-0.05, 0) is 53.4 Å². The fourth-order valence-corrected chi connectivity index (χ4v) is 3.85. The number of hydrogen-bond donors (Lipinski definition) is 1. The molecule has 1 saturated heterocycles. The molecule has 3 aromatic carbocycles. The van der Waals surface area contributed by atoms with Crippen LogP contribution in [-0.4, -0.2) is 24.4 Å². The van der Waals surface area contributed by atoms with Crippen molar-refractivity contribution in [3.05, 3.63) is 77.4 Å². The minimum Gasteiger partial charge on any atom is -0.351 e. The Morgan fingerprint density at radius 3 is 2.64 bits per heavy atom. The largest absolute Gasteiger partial charge is 0.351 e. The van der Waals surface area contributed by atoms with E-state index in [4.69, 9.17) is 0 Å². The third-order valence-corrected chi connectivity index (χ3v) is 5.52. The van der Waals surface area contributed by atoms with Crippen LogP contribution in [0.2, 0.25) is 0 Å². The molecule has 1 aliphatic heterocycles. The van der Waals surface area contributed by atoms with E-state index in [0.29, 0.717) is 19.4 Å². The second kappa shape index (κ2) is 7.47. The van der Waals surface area contributed by atoms with E-state index in [1.165, 1.54) is 5.56 Å². The van der Waals surface area contributed by atoms with Crippen LogP contribution in [0.5, 0.6) is 0 Å². The fourth-order valence-electron chi connectivity index (χ4n) is 3.85. The highest BCUT2D eigenvalue weighted by Gasteiger charge is 2.31. The Labute approximate surface area is 165 Å². The summed E-state index contributed by atoms with van der Waals surface area (Å²) in [6, 6.07) is 20.0. The fraction of sp³-hybridized carbons (Fsp3) is 0.250. The first kappa shape index (κ1) is 18.2. The van der Waals surface area contributed by atoms with Gasteiger partial charge in [0.05, 0.1) is 12.5 Å². The molecule has 4 rings (SSSR count). The lowest BCUT2D eigenvalue weighted by Crippen LogP contribution is -2.38. The molecule has 0 aromatic heterocycles. The summed E-state index contributed by atoms with van der Waals surface area (Å²) in [5.41, 5.74) is 4.27. The molecular formula is C24H24N2O2. The number of amides is 2. The Bertz CT molecular complexity index is 1050. The SMILES string of the molecule is Cc1ccc(N2CC(NC(=O)Cc3cccc4ccccc34)CC2=O)cc1C. The molecule has 0 radical (unpaired) electrons. The molecule has 142 valence electrons. The number of rotatable bonds is 4. The van der Waals surface area contributed by atoms with E-state index in [9.17, 15) is 9.59 Å². The van der Waals surface area contributed by atoms with E-state index in [1.54, 1.807) is 4.90 Å². The molecule has 1 N–H and O–H groups in total. The van der Waals surface area contributed by atoms with Gasteiger partial charge in [0.2, 0.25) is 11.8 Å². The van der Waals surface area contributed by atoms with Gasteiger partial charge in [-0.3, -0.25) is 9.59 Å². The van der Waals surface area contributed by atoms with Crippen molar-refractivity contribution in [2.24, 2.45) is 0 Å². The number of fused-ring (bicyclic) bond motifs is 1. The third-order valence-electron chi connectivity index (χ3n) is 5.52. The van der Waals surface area contributed by atoms with E-state index in [-0.39, 0.29) is 17.9 Å². The van der Waals surface area contributed by atoms with Crippen molar-refractivity contribution in [2.75, 3.05) is 11.4 Å². The lowest BCUT2D eigenvalue weighted by Gasteiger charge is -2.18. The second-order valence-electron chi connectivity index (χ2n) is 7.56. The maximum Gasteiger partial charge on any atom is 0.229 e. The maximum atomic E-state index is 12.6. The van der Waals surface area contributed by atoms with Crippen LogP contribution in [0.15, 0.2) is 60.7 Å². The van der Waals surface area contributed by atoms with Crippen molar-refractivity contribution in [1.29, 1.82) is 0 Å². The number of hydrogen-bond acceptors (Lipinski definition) is 2. The molecule has 4 heteroatoms. The van der Waals surface area contributed by atoms with Gasteiger partial charge in [0, 0.05) is 18.7 Å². The summed E-state index contributed by atoms with van der Waals surface area (Å²) in [7, 11) is 0. The van der Waals surface area contributed by atoms with Crippen LogP contribution in [0.1, 0.15) is 23.1 Å². The summed E-state index contributed by atoms with van der Waals surface area (Å²) >= 11 is 0. The van der Waals surface area contributed by atoms with Gasteiger partial charge in [-0.15, -0.1) is 0 Å². The Balaban J connectivity index is 1.44. The van der Waals surface area contributed by atoms with Crippen LogP contribution in [0.25, 0.3) is 10.8 Å². The number of anilines is 1. The number of carbonyl (C=O) groups is 2. The molecule has 1 atom stereocenters. The number of nitrogens with zero attached hydrogens (tertiary/aromatic N) is 1. The van der Waals surface area contributed by atoms with E-state index in [2.05, 4.69) is 12.2 Å². The highest BCUT2D eigenvalue weighted by molar-refractivity contribution is 5.97. The van der Waals surface area contributed by atoms with E-state index >= 15 is 0 Å². The Kier molecular flexibility index (Phi) is 4.86. The first-order chi connectivity index (χ1) is 13.5. The summed E-state index contributed by atoms with van der Waals surface area (Å²) < 4.78 is 0. The van der Waals surface area contributed by atoms with E-state index in [0.717, 1.165) is 27.6 Å². The molecule has 0 aliphatic carbocycles. The van der Waals surface area contributed by atoms with Crippen molar-refractivity contribution >= 4 is 28.3 Å². The zero-order valence-corrected chi connectivity index (χ0v) is 16.2. The number of benzene rings is 3. The maximum absolute atomic E-state index is 12.6.